The van der Waals surface area contributed by atoms with Crippen molar-refractivity contribution in [3.8, 4) is 0 Å². The van der Waals surface area contributed by atoms with Crippen LogP contribution in [0.2, 0.25) is 0 Å². The van der Waals surface area contributed by atoms with Gasteiger partial charge in [0.15, 0.2) is 0 Å². The second-order valence-electron chi connectivity index (χ2n) is 5.14. The van der Waals surface area contributed by atoms with E-state index >= 15 is 0 Å². The van der Waals surface area contributed by atoms with E-state index in [9.17, 15) is 17.2 Å². The van der Waals surface area contributed by atoms with Gasteiger partial charge in [0, 0.05) is 12.6 Å². The van der Waals surface area contributed by atoms with Gasteiger partial charge in [0.2, 0.25) is 10.0 Å². The van der Waals surface area contributed by atoms with Crippen LogP contribution in [0.4, 0.5) is 8.78 Å². The van der Waals surface area contributed by atoms with Gasteiger partial charge in [-0.05, 0) is 37.0 Å². The number of nitrogens with one attached hydrogen (secondary N) is 1. The summed E-state index contributed by atoms with van der Waals surface area (Å²) in [5.41, 5.74) is 5.93. The third kappa shape index (κ3) is 3.53. The van der Waals surface area contributed by atoms with Crippen molar-refractivity contribution in [3.63, 3.8) is 0 Å². The highest BCUT2D eigenvalue weighted by Crippen LogP contribution is 2.23. The van der Waals surface area contributed by atoms with Gasteiger partial charge in [-0.3, -0.25) is 0 Å². The summed E-state index contributed by atoms with van der Waals surface area (Å²) in [7, 11) is -4.06. The van der Waals surface area contributed by atoms with Gasteiger partial charge < -0.3 is 5.73 Å². The Bertz CT molecular complexity index is 578. The Morgan fingerprint density at radius 1 is 1.25 bits per heavy atom. The Morgan fingerprint density at radius 3 is 2.65 bits per heavy atom. The molecule has 0 amide bonds. The van der Waals surface area contributed by atoms with Gasteiger partial charge in [-0.25, -0.2) is 21.9 Å². The Morgan fingerprint density at radius 2 is 1.95 bits per heavy atom. The molecule has 2 atom stereocenters. The van der Waals surface area contributed by atoms with Crippen molar-refractivity contribution in [2.45, 2.75) is 36.6 Å². The third-order valence-electron chi connectivity index (χ3n) is 3.69. The minimum absolute atomic E-state index is 0.0372. The number of hydrogen-bond acceptors (Lipinski definition) is 3. The van der Waals surface area contributed by atoms with Gasteiger partial charge in [-0.1, -0.05) is 12.8 Å². The average Bonchev–Trinajstić information content (AvgIpc) is 2.40. The third-order valence-corrected chi connectivity index (χ3v) is 5.12. The normalized spacial score (nSPS) is 23.8. The molecule has 7 heteroatoms. The molecule has 0 aromatic heterocycles. The maximum absolute atomic E-state index is 13.5. The fraction of sp³-hybridized carbons (Fsp3) is 0.538. The molecule has 1 aromatic carbocycles. The van der Waals surface area contributed by atoms with Gasteiger partial charge in [-0.2, -0.15) is 0 Å². The summed E-state index contributed by atoms with van der Waals surface area (Å²) < 4.78 is 52.9. The Labute approximate surface area is 117 Å². The molecule has 1 fully saturated rings. The van der Waals surface area contributed by atoms with Crippen molar-refractivity contribution in [3.05, 3.63) is 29.8 Å². The predicted molar refractivity (Wildman–Crippen MR) is 71.5 cm³/mol. The molecular formula is C13H18F2N2O2S. The molecule has 1 aliphatic rings. The van der Waals surface area contributed by atoms with Crippen LogP contribution in [0.1, 0.15) is 25.7 Å². The molecule has 4 nitrogen and oxygen atoms in total. The molecular weight excluding hydrogens is 286 g/mol. The van der Waals surface area contributed by atoms with E-state index in [0.717, 1.165) is 37.8 Å². The van der Waals surface area contributed by atoms with Gasteiger partial charge in [-0.15, -0.1) is 0 Å². The second kappa shape index (κ2) is 6.15. The van der Waals surface area contributed by atoms with Crippen molar-refractivity contribution < 1.29 is 17.2 Å². The first-order valence-electron chi connectivity index (χ1n) is 6.60. The second-order valence-corrected chi connectivity index (χ2v) is 6.87. The van der Waals surface area contributed by atoms with E-state index in [4.69, 9.17) is 5.73 Å². The Hall–Kier alpha value is -1.05. The summed E-state index contributed by atoms with van der Waals surface area (Å²) in [5, 5.41) is 0. The fourth-order valence-corrected chi connectivity index (χ4v) is 3.65. The van der Waals surface area contributed by atoms with Gasteiger partial charge in [0.25, 0.3) is 0 Å². The highest BCUT2D eigenvalue weighted by molar-refractivity contribution is 7.89. The molecule has 3 N–H and O–H groups in total. The van der Waals surface area contributed by atoms with Crippen molar-refractivity contribution in [1.82, 2.24) is 4.72 Å². The Kier molecular flexibility index (Phi) is 4.72. The van der Waals surface area contributed by atoms with Crippen LogP contribution in [0.5, 0.6) is 0 Å². The lowest BCUT2D eigenvalue weighted by Crippen LogP contribution is -2.41. The van der Waals surface area contributed by atoms with Crippen molar-refractivity contribution in [2.75, 3.05) is 6.54 Å². The predicted octanol–water partition coefficient (Wildman–Crippen LogP) is 1.76. The lowest BCUT2D eigenvalue weighted by molar-refractivity contribution is 0.308. The van der Waals surface area contributed by atoms with Crippen molar-refractivity contribution in [1.29, 1.82) is 0 Å². The number of rotatable bonds is 4. The summed E-state index contributed by atoms with van der Waals surface area (Å²) in [6.45, 7) is 0.152. The zero-order chi connectivity index (χ0) is 14.8. The van der Waals surface area contributed by atoms with Crippen LogP contribution in [-0.4, -0.2) is 21.0 Å². The van der Waals surface area contributed by atoms with Crippen LogP contribution in [0, 0.1) is 17.6 Å². The highest BCUT2D eigenvalue weighted by Gasteiger charge is 2.25. The molecule has 112 valence electrons. The molecule has 0 bridgehead atoms. The Balaban J connectivity index is 2.09. The summed E-state index contributed by atoms with van der Waals surface area (Å²) in [4.78, 5) is -0.665. The highest BCUT2D eigenvalue weighted by atomic mass is 32.2. The van der Waals surface area contributed by atoms with E-state index in [0.29, 0.717) is 6.07 Å². The van der Waals surface area contributed by atoms with E-state index in [2.05, 4.69) is 4.72 Å². The van der Waals surface area contributed by atoms with Crippen molar-refractivity contribution in [2.24, 2.45) is 11.7 Å². The van der Waals surface area contributed by atoms with Crippen LogP contribution in [0.3, 0.4) is 0 Å². The standard InChI is InChI=1S/C13H18F2N2O2S/c14-10-5-6-11(15)13(7-10)20(18,19)17-8-9-3-1-2-4-12(9)16/h5-7,9,12,17H,1-4,8,16H2. The summed E-state index contributed by atoms with van der Waals surface area (Å²) in [6, 6.07) is 2.31. The molecule has 0 radical (unpaired) electrons. The van der Waals surface area contributed by atoms with Gasteiger partial charge in [0.1, 0.15) is 16.5 Å². The molecule has 1 aliphatic carbocycles. The number of benzene rings is 1. The van der Waals surface area contributed by atoms with E-state index in [-0.39, 0.29) is 18.5 Å². The van der Waals surface area contributed by atoms with Crippen LogP contribution in [0.25, 0.3) is 0 Å². The van der Waals surface area contributed by atoms with Crippen LogP contribution >= 0.6 is 0 Å². The molecule has 1 aromatic rings. The number of halogens is 2. The monoisotopic (exact) mass is 304 g/mol. The smallest absolute Gasteiger partial charge is 0.243 e. The SMILES string of the molecule is NC1CCCCC1CNS(=O)(=O)c1cc(F)ccc1F. The molecule has 1 saturated carbocycles. The fourth-order valence-electron chi connectivity index (χ4n) is 2.47. The van der Waals surface area contributed by atoms with Crippen LogP contribution in [0.15, 0.2) is 23.1 Å². The first-order valence-corrected chi connectivity index (χ1v) is 8.09. The number of hydrogen-bond donors (Lipinski definition) is 2. The number of sulfonamides is 1. The molecule has 20 heavy (non-hydrogen) atoms. The molecule has 0 aliphatic heterocycles. The molecule has 2 unspecified atom stereocenters. The average molecular weight is 304 g/mol. The van der Waals surface area contributed by atoms with E-state index < -0.39 is 26.6 Å². The quantitative estimate of drug-likeness (QED) is 0.890. The lowest BCUT2D eigenvalue weighted by atomic mass is 9.85. The minimum Gasteiger partial charge on any atom is -0.327 e. The first kappa shape index (κ1) is 15.3. The molecule has 2 rings (SSSR count). The maximum atomic E-state index is 13.5. The molecule has 0 saturated heterocycles. The summed E-state index contributed by atoms with van der Waals surface area (Å²) >= 11 is 0. The lowest BCUT2D eigenvalue weighted by Gasteiger charge is -2.28. The van der Waals surface area contributed by atoms with E-state index in [1.165, 1.54) is 0 Å². The minimum atomic E-state index is -4.06. The van der Waals surface area contributed by atoms with E-state index in [1.54, 1.807) is 0 Å². The van der Waals surface area contributed by atoms with Crippen LogP contribution < -0.4 is 10.5 Å². The van der Waals surface area contributed by atoms with Crippen LogP contribution in [-0.2, 0) is 10.0 Å². The zero-order valence-electron chi connectivity index (χ0n) is 11.0. The van der Waals surface area contributed by atoms with E-state index in [1.807, 2.05) is 0 Å². The molecule has 0 spiro atoms. The van der Waals surface area contributed by atoms with Gasteiger partial charge >= 0.3 is 0 Å². The largest absolute Gasteiger partial charge is 0.327 e. The topological polar surface area (TPSA) is 72.2 Å². The number of nitrogens with two attached hydrogens (primary N) is 1. The summed E-state index contributed by atoms with van der Waals surface area (Å²) in [5.74, 6) is -1.72. The first-order chi connectivity index (χ1) is 9.40. The van der Waals surface area contributed by atoms with Crippen molar-refractivity contribution >= 4 is 10.0 Å². The maximum Gasteiger partial charge on any atom is 0.243 e. The zero-order valence-corrected chi connectivity index (χ0v) is 11.8. The van der Waals surface area contributed by atoms with Gasteiger partial charge in [0.05, 0.1) is 0 Å². The summed E-state index contributed by atoms with van der Waals surface area (Å²) in [6.07, 6.45) is 3.76. The molecule has 0 heterocycles.